The quantitative estimate of drug-likeness (QED) is 0.501. The first kappa shape index (κ1) is 14.5. The van der Waals surface area contributed by atoms with Gasteiger partial charge in [-0.05, 0) is 44.2 Å². The molecule has 3 N–H and O–H groups in total. The molecule has 0 aromatic heterocycles. The van der Waals surface area contributed by atoms with Crippen molar-refractivity contribution in [3.05, 3.63) is 46.3 Å². The van der Waals surface area contributed by atoms with Gasteiger partial charge in [0.15, 0.2) is 0 Å². The van der Waals surface area contributed by atoms with Gasteiger partial charge < -0.3 is 0 Å². The third-order valence-electron chi connectivity index (χ3n) is 3.69. The first-order valence-corrected chi connectivity index (χ1v) is 7.18. The van der Waals surface area contributed by atoms with Crippen molar-refractivity contribution in [1.29, 1.82) is 0 Å². The van der Waals surface area contributed by atoms with E-state index in [1.165, 1.54) is 30.9 Å². The smallest absolute Gasteiger partial charge is 0.127 e. The Balaban J connectivity index is 2.16. The molecule has 0 radical (unpaired) electrons. The van der Waals surface area contributed by atoms with Crippen LogP contribution in [0.1, 0.15) is 37.7 Å². The minimum absolute atomic E-state index is 0.0347. The van der Waals surface area contributed by atoms with Crippen LogP contribution in [0.4, 0.5) is 4.39 Å². The Hall–Kier alpha value is -0.900. The number of benzene rings is 1. The molecule has 2 rings (SSSR count). The molecular weight excluding hydrogens is 263 g/mol. The third kappa shape index (κ3) is 3.78. The fraction of sp³-hybridized carbons (Fsp3) is 0.467. The Morgan fingerprint density at radius 2 is 2.16 bits per heavy atom. The molecular formula is C15H20ClFN2. The van der Waals surface area contributed by atoms with Crippen LogP contribution in [0.25, 0.3) is 0 Å². The normalized spacial score (nSPS) is 17.7. The molecule has 0 fully saturated rings. The summed E-state index contributed by atoms with van der Waals surface area (Å²) in [5.74, 6) is 5.38. The van der Waals surface area contributed by atoms with Crippen LogP contribution in [0, 0.1) is 5.82 Å². The van der Waals surface area contributed by atoms with Gasteiger partial charge >= 0.3 is 0 Å². The van der Waals surface area contributed by atoms with Crippen molar-refractivity contribution < 1.29 is 4.39 Å². The molecule has 4 heteroatoms. The Morgan fingerprint density at radius 3 is 2.89 bits per heavy atom. The van der Waals surface area contributed by atoms with E-state index in [0.717, 1.165) is 12.8 Å². The van der Waals surface area contributed by atoms with Gasteiger partial charge in [-0.15, -0.1) is 0 Å². The van der Waals surface area contributed by atoms with E-state index in [4.69, 9.17) is 17.4 Å². The summed E-state index contributed by atoms with van der Waals surface area (Å²) in [6.45, 7) is 0. The zero-order valence-electron chi connectivity index (χ0n) is 11.0. The van der Waals surface area contributed by atoms with Gasteiger partial charge in [-0.25, -0.2) is 4.39 Å². The summed E-state index contributed by atoms with van der Waals surface area (Å²) < 4.78 is 13.8. The first-order valence-electron chi connectivity index (χ1n) is 6.80. The van der Waals surface area contributed by atoms with Crippen molar-refractivity contribution in [3.8, 4) is 0 Å². The lowest BCUT2D eigenvalue weighted by Crippen LogP contribution is -2.38. The highest BCUT2D eigenvalue weighted by molar-refractivity contribution is 6.31. The molecule has 1 atom stereocenters. The standard InChI is InChI=1S/C15H20ClFN2/c16-13-8-5-9-14(17)12(13)10-15(19-18)11-6-3-1-2-4-7-11/h5-6,8-9,15,19H,1-4,7,10,18H2. The second-order valence-corrected chi connectivity index (χ2v) is 5.41. The van der Waals surface area contributed by atoms with Crippen LogP contribution in [0.5, 0.6) is 0 Å². The average Bonchev–Trinajstić information content (AvgIpc) is 2.67. The zero-order chi connectivity index (χ0) is 13.7. The largest absolute Gasteiger partial charge is 0.271 e. The monoisotopic (exact) mass is 282 g/mol. The van der Waals surface area contributed by atoms with Gasteiger partial charge in [0, 0.05) is 16.6 Å². The van der Waals surface area contributed by atoms with Crippen LogP contribution in [0.3, 0.4) is 0 Å². The molecule has 19 heavy (non-hydrogen) atoms. The molecule has 0 saturated heterocycles. The lowest BCUT2D eigenvalue weighted by atomic mass is 9.95. The number of hydrazine groups is 1. The van der Waals surface area contributed by atoms with E-state index >= 15 is 0 Å². The Labute approximate surface area is 118 Å². The Bertz CT molecular complexity index is 439. The van der Waals surface area contributed by atoms with Gasteiger partial charge in [0.1, 0.15) is 5.82 Å². The zero-order valence-corrected chi connectivity index (χ0v) is 11.7. The fourth-order valence-corrected chi connectivity index (χ4v) is 2.82. The van der Waals surface area contributed by atoms with Gasteiger partial charge in [-0.3, -0.25) is 11.3 Å². The number of nitrogens with one attached hydrogen (secondary N) is 1. The van der Waals surface area contributed by atoms with E-state index in [-0.39, 0.29) is 11.9 Å². The summed E-state index contributed by atoms with van der Waals surface area (Å²) >= 11 is 6.07. The van der Waals surface area contributed by atoms with E-state index in [2.05, 4.69) is 11.5 Å². The second-order valence-electron chi connectivity index (χ2n) is 5.00. The summed E-state index contributed by atoms with van der Waals surface area (Å²) in [5.41, 5.74) is 4.63. The van der Waals surface area contributed by atoms with Crippen LogP contribution in [-0.4, -0.2) is 6.04 Å². The topological polar surface area (TPSA) is 38.0 Å². The molecule has 0 amide bonds. The Kier molecular flexibility index (Phi) is 5.37. The highest BCUT2D eigenvalue weighted by Crippen LogP contribution is 2.25. The second kappa shape index (κ2) is 7.04. The summed E-state index contributed by atoms with van der Waals surface area (Å²) in [5, 5.41) is 0.467. The first-order chi connectivity index (χ1) is 9.22. The predicted octanol–water partition coefficient (Wildman–Crippen LogP) is 3.74. The molecule has 0 saturated carbocycles. The van der Waals surface area contributed by atoms with E-state index in [1.807, 2.05) is 0 Å². The SMILES string of the molecule is NNC(Cc1c(F)cccc1Cl)C1=CCCCCC1. The predicted molar refractivity (Wildman–Crippen MR) is 77.4 cm³/mol. The molecule has 1 aliphatic carbocycles. The van der Waals surface area contributed by atoms with Gasteiger partial charge in [-0.2, -0.15) is 0 Å². The van der Waals surface area contributed by atoms with Crippen LogP contribution in [0.2, 0.25) is 5.02 Å². The molecule has 0 spiro atoms. The van der Waals surface area contributed by atoms with Gasteiger partial charge in [0.2, 0.25) is 0 Å². The number of hydrogen-bond acceptors (Lipinski definition) is 2. The number of nitrogens with two attached hydrogens (primary N) is 1. The van der Waals surface area contributed by atoms with Crippen LogP contribution in [-0.2, 0) is 6.42 Å². The number of halogens is 2. The molecule has 1 aromatic carbocycles. The molecule has 1 unspecified atom stereocenters. The van der Waals surface area contributed by atoms with E-state index in [9.17, 15) is 4.39 Å². The van der Waals surface area contributed by atoms with Gasteiger partial charge in [-0.1, -0.05) is 35.7 Å². The summed E-state index contributed by atoms with van der Waals surface area (Å²) in [4.78, 5) is 0. The van der Waals surface area contributed by atoms with Crippen molar-refractivity contribution in [3.63, 3.8) is 0 Å². The number of allylic oxidation sites excluding steroid dienone is 1. The summed E-state index contributed by atoms with van der Waals surface area (Å²) in [6, 6.07) is 4.75. The van der Waals surface area contributed by atoms with Crippen LogP contribution < -0.4 is 11.3 Å². The van der Waals surface area contributed by atoms with Crippen molar-refractivity contribution in [2.75, 3.05) is 0 Å². The van der Waals surface area contributed by atoms with E-state index in [1.54, 1.807) is 12.1 Å². The summed E-state index contributed by atoms with van der Waals surface area (Å²) in [7, 11) is 0. The maximum absolute atomic E-state index is 13.8. The lowest BCUT2D eigenvalue weighted by molar-refractivity contribution is 0.541. The maximum Gasteiger partial charge on any atom is 0.127 e. The molecule has 0 bridgehead atoms. The van der Waals surface area contributed by atoms with Gasteiger partial charge in [0.05, 0.1) is 0 Å². The third-order valence-corrected chi connectivity index (χ3v) is 4.05. The molecule has 1 aromatic rings. The molecule has 1 aliphatic rings. The maximum atomic E-state index is 13.8. The molecule has 2 nitrogen and oxygen atoms in total. The lowest BCUT2D eigenvalue weighted by Gasteiger charge is -2.20. The fourth-order valence-electron chi connectivity index (χ4n) is 2.58. The van der Waals surface area contributed by atoms with Crippen LogP contribution >= 0.6 is 11.6 Å². The highest BCUT2D eigenvalue weighted by atomic mass is 35.5. The van der Waals surface area contributed by atoms with E-state index < -0.39 is 0 Å². The van der Waals surface area contributed by atoms with Gasteiger partial charge in [0.25, 0.3) is 0 Å². The van der Waals surface area contributed by atoms with Crippen molar-refractivity contribution >= 4 is 11.6 Å². The highest BCUT2D eigenvalue weighted by Gasteiger charge is 2.18. The van der Waals surface area contributed by atoms with Crippen LogP contribution in [0.15, 0.2) is 29.8 Å². The minimum atomic E-state index is -0.262. The summed E-state index contributed by atoms with van der Waals surface area (Å²) in [6.07, 6.45) is 8.49. The number of hydrogen-bond donors (Lipinski definition) is 2. The number of rotatable bonds is 4. The average molecular weight is 283 g/mol. The van der Waals surface area contributed by atoms with Crippen molar-refractivity contribution in [1.82, 2.24) is 5.43 Å². The molecule has 0 heterocycles. The van der Waals surface area contributed by atoms with Crippen molar-refractivity contribution in [2.24, 2.45) is 5.84 Å². The Morgan fingerprint density at radius 1 is 1.32 bits per heavy atom. The minimum Gasteiger partial charge on any atom is -0.271 e. The molecule has 0 aliphatic heterocycles. The van der Waals surface area contributed by atoms with Crippen molar-refractivity contribution in [2.45, 2.75) is 44.6 Å². The van der Waals surface area contributed by atoms with E-state index in [0.29, 0.717) is 17.0 Å². The molecule has 104 valence electrons.